The number of hydrogen-bond donors (Lipinski definition) is 0. The van der Waals surface area contributed by atoms with E-state index in [1.165, 1.54) is 7.11 Å². The molecule has 0 N–H and O–H groups in total. The summed E-state index contributed by atoms with van der Waals surface area (Å²) in [7, 11) is 3.01. The monoisotopic (exact) mass is 254 g/mol. The lowest BCUT2D eigenvalue weighted by atomic mass is 10.0. The van der Waals surface area contributed by atoms with Crippen LogP contribution < -0.4 is 0 Å². The van der Waals surface area contributed by atoms with Crippen LogP contribution in [-0.4, -0.2) is 45.8 Å². The van der Waals surface area contributed by atoms with Crippen molar-refractivity contribution in [2.45, 2.75) is 18.8 Å². The smallest absolute Gasteiger partial charge is 0.334 e. The molecule has 0 radical (unpaired) electrons. The van der Waals surface area contributed by atoms with Crippen molar-refractivity contribution in [2.24, 2.45) is 5.92 Å². The van der Waals surface area contributed by atoms with Crippen LogP contribution in [0.25, 0.3) is 0 Å². The molecule has 1 fully saturated rings. The highest BCUT2D eigenvalue weighted by Crippen LogP contribution is 2.29. The molecule has 0 bridgehead atoms. The molecule has 0 spiro atoms. The van der Waals surface area contributed by atoms with Crippen LogP contribution in [-0.2, 0) is 23.7 Å². The molecule has 1 unspecified atom stereocenters. The topological polar surface area (TPSA) is 54.0 Å². The number of carbonyl (C=O) groups excluding carboxylic acids is 1. The summed E-state index contributed by atoms with van der Waals surface area (Å²) >= 11 is 0. The van der Waals surface area contributed by atoms with Gasteiger partial charge in [0.1, 0.15) is 0 Å². The van der Waals surface area contributed by atoms with Gasteiger partial charge in [0.05, 0.1) is 32.3 Å². The Morgan fingerprint density at radius 1 is 1.50 bits per heavy atom. The third-order valence-electron chi connectivity index (χ3n) is 3.07. The lowest BCUT2D eigenvalue weighted by Crippen LogP contribution is -2.39. The van der Waals surface area contributed by atoms with E-state index in [1.54, 1.807) is 13.2 Å². The minimum Gasteiger partial charge on any atom is -0.466 e. The molecule has 1 heterocycles. The molecule has 100 valence electrons. The molecular weight excluding hydrogens is 236 g/mol. The molecule has 1 aliphatic carbocycles. The Morgan fingerprint density at radius 3 is 3.06 bits per heavy atom. The number of hydrogen-bond acceptors (Lipinski definition) is 5. The van der Waals surface area contributed by atoms with Gasteiger partial charge in [-0.15, -0.1) is 0 Å². The average molecular weight is 254 g/mol. The fourth-order valence-electron chi connectivity index (χ4n) is 2.16. The van der Waals surface area contributed by atoms with Gasteiger partial charge >= 0.3 is 5.97 Å². The predicted octanol–water partition coefficient (Wildman–Crippen LogP) is 1.05. The number of ether oxygens (including phenoxy) is 4. The van der Waals surface area contributed by atoms with Crippen molar-refractivity contribution >= 4 is 5.97 Å². The van der Waals surface area contributed by atoms with Crippen LogP contribution in [0.1, 0.15) is 6.42 Å². The van der Waals surface area contributed by atoms with Crippen molar-refractivity contribution in [2.75, 3.05) is 27.4 Å². The van der Waals surface area contributed by atoms with Crippen molar-refractivity contribution in [1.29, 1.82) is 0 Å². The Kier molecular flexibility index (Phi) is 4.52. The van der Waals surface area contributed by atoms with Crippen molar-refractivity contribution in [1.82, 2.24) is 0 Å². The largest absolute Gasteiger partial charge is 0.466 e. The first-order chi connectivity index (χ1) is 8.76. The van der Waals surface area contributed by atoms with Crippen LogP contribution in [0, 0.1) is 5.92 Å². The van der Waals surface area contributed by atoms with E-state index in [-0.39, 0.29) is 18.0 Å². The van der Waals surface area contributed by atoms with Crippen molar-refractivity contribution in [3.05, 3.63) is 23.8 Å². The Morgan fingerprint density at radius 2 is 2.33 bits per heavy atom. The van der Waals surface area contributed by atoms with Gasteiger partial charge in [-0.3, -0.25) is 0 Å². The van der Waals surface area contributed by atoms with E-state index in [2.05, 4.69) is 0 Å². The van der Waals surface area contributed by atoms with Crippen molar-refractivity contribution in [3.8, 4) is 0 Å². The van der Waals surface area contributed by atoms with Crippen LogP contribution >= 0.6 is 0 Å². The van der Waals surface area contributed by atoms with Gasteiger partial charge in [0.15, 0.2) is 6.29 Å². The Balaban J connectivity index is 2.00. The highest BCUT2D eigenvalue weighted by molar-refractivity contribution is 5.90. The highest BCUT2D eigenvalue weighted by Gasteiger charge is 2.35. The zero-order valence-corrected chi connectivity index (χ0v) is 10.6. The van der Waals surface area contributed by atoms with Gasteiger partial charge in [-0.05, 0) is 6.42 Å². The number of esters is 1. The summed E-state index contributed by atoms with van der Waals surface area (Å²) in [6, 6.07) is 0. The first kappa shape index (κ1) is 13.3. The predicted molar refractivity (Wildman–Crippen MR) is 63.8 cm³/mol. The van der Waals surface area contributed by atoms with Crippen LogP contribution in [0.3, 0.4) is 0 Å². The van der Waals surface area contributed by atoms with Crippen molar-refractivity contribution in [3.63, 3.8) is 0 Å². The molecule has 1 aliphatic heterocycles. The molecule has 1 saturated heterocycles. The molecule has 0 aromatic rings. The van der Waals surface area contributed by atoms with E-state index in [1.807, 2.05) is 12.2 Å². The second kappa shape index (κ2) is 6.13. The quantitative estimate of drug-likeness (QED) is 0.702. The molecule has 0 aromatic carbocycles. The summed E-state index contributed by atoms with van der Waals surface area (Å²) < 4.78 is 21.2. The normalized spacial score (nSPS) is 31.2. The SMILES string of the molecule is COC[C@@H]1CCO[C@H](C2C=CC=C2C(=O)OC)O1. The molecule has 0 saturated carbocycles. The van der Waals surface area contributed by atoms with E-state index >= 15 is 0 Å². The average Bonchev–Trinajstić information content (AvgIpc) is 2.88. The second-order valence-corrected chi connectivity index (χ2v) is 4.27. The zero-order chi connectivity index (χ0) is 13.0. The lowest BCUT2D eigenvalue weighted by Gasteiger charge is -2.33. The summed E-state index contributed by atoms with van der Waals surface area (Å²) in [6.45, 7) is 1.14. The first-order valence-corrected chi connectivity index (χ1v) is 5.99. The summed E-state index contributed by atoms with van der Waals surface area (Å²) in [5.41, 5.74) is 0.570. The molecule has 5 heteroatoms. The second-order valence-electron chi connectivity index (χ2n) is 4.27. The van der Waals surface area contributed by atoms with Crippen LogP contribution in [0.4, 0.5) is 0 Å². The highest BCUT2D eigenvalue weighted by atomic mass is 16.7. The van der Waals surface area contributed by atoms with E-state index in [0.29, 0.717) is 18.8 Å². The maximum Gasteiger partial charge on any atom is 0.334 e. The number of rotatable bonds is 4. The minimum absolute atomic E-state index is 0.0154. The van der Waals surface area contributed by atoms with Crippen LogP contribution in [0.15, 0.2) is 23.8 Å². The third-order valence-corrected chi connectivity index (χ3v) is 3.07. The van der Waals surface area contributed by atoms with Crippen LogP contribution in [0.2, 0.25) is 0 Å². The number of allylic oxidation sites excluding steroid dienone is 2. The van der Waals surface area contributed by atoms with E-state index in [4.69, 9.17) is 18.9 Å². The number of methoxy groups -OCH3 is 2. The molecule has 0 amide bonds. The minimum atomic E-state index is -0.442. The summed E-state index contributed by atoms with van der Waals surface area (Å²) in [5.74, 6) is -0.539. The fraction of sp³-hybridized carbons (Fsp3) is 0.615. The zero-order valence-electron chi connectivity index (χ0n) is 10.6. The summed E-state index contributed by atoms with van der Waals surface area (Å²) in [4.78, 5) is 11.6. The maximum absolute atomic E-state index is 11.6. The summed E-state index contributed by atoms with van der Waals surface area (Å²) in [5, 5.41) is 0. The third kappa shape index (κ3) is 2.80. The van der Waals surface area contributed by atoms with Gasteiger partial charge in [-0.25, -0.2) is 4.79 Å². The van der Waals surface area contributed by atoms with Gasteiger partial charge in [0.25, 0.3) is 0 Å². The molecule has 2 aliphatic rings. The first-order valence-electron chi connectivity index (χ1n) is 5.99. The number of carbonyl (C=O) groups is 1. The van der Waals surface area contributed by atoms with Gasteiger partial charge in [0, 0.05) is 12.7 Å². The van der Waals surface area contributed by atoms with Gasteiger partial charge in [-0.1, -0.05) is 18.2 Å². The van der Waals surface area contributed by atoms with Crippen LogP contribution in [0.5, 0.6) is 0 Å². The molecule has 5 nitrogen and oxygen atoms in total. The van der Waals surface area contributed by atoms with E-state index < -0.39 is 6.29 Å². The molecule has 3 atom stereocenters. The van der Waals surface area contributed by atoms with E-state index in [0.717, 1.165) is 6.42 Å². The lowest BCUT2D eigenvalue weighted by molar-refractivity contribution is -0.232. The fourth-order valence-corrected chi connectivity index (χ4v) is 2.16. The van der Waals surface area contributed by atoms with E-state index in [9.17, 15) is 4.79 Å². The summed E-state index contributed by atoms with van der Waals surface area (Å²) in [6.07, 6.45) is 5.83. The molecule has 18 heavy (non-hydrogen) atoms. The standard InChI is InChI=1S/C13H18O5/c1-15-8-9-6-7-17-13(18-9)11-5-3-4-10(11)12(14)16-2/h3-5,9,11,13H,6-8H2,1-2H3/t9-,11?,13-/m0/s1. The Hall–Kier alpha value is -1.17. The van der Waals surface area contributed by atoms with Gasteiger partial charge in [0.2, 0.25) is 0 Å². The molecule has 0 aromatic heterocycles. The molecular formula is C13H18O5. The van der Waals surface area contributed by atoms with Gasteiger partial charge in [-0.2, -0.15) is 0 Å². The van der Waals surface area contributed by atoms with Gasteiger partial charge < -0.3 is 18.9 Å². The molecule has 2 rings (SSSR count). The Bertz CT molecular complexity index is 358. The Labute approximate surface area is 106 Å². The van der Waals surface area contributed by atoms with Crippen molar-refractivity contribution < 1.29 is 23.7 Å². The maximum atomic E-state index is 11.6.